The molecule has 0 saturated carbocycles. The van der Waals surface area contributed by atoms with Gasteiger partial charge in [0.05, 0.1) is 33.4 Å². The summed E-state index contributed by atoms with van der Waals surface area (Å²) < 4.78 is 4.89. The number of anilines is 6. The van der Waals surface area contributed by atoms with Crippen LogP contribution in [-0.2, 0) is 21.7 Å². The van der Waals surface area contributed by atoms with Crippen molar-refractivity contribution in [1.29, 1.82) is 0 Å². The summed E-state index contributed by atoms with van der Waals surface area (Å²) in [5, 5.41) is 9.92. The van der Waals surface area contributed by atoms with Crippen molar-refractivity contribution in [3.8, 4) is 33.6 Å². The van der Waals surface area contributed by atoms with Crippen molar-refractivity contribution in [3.63, 3.8) is 0 Å². The number of benzene rings is 13. The van der Waals surface area contributed by atoms with Crippen LogP contribution in [0, 0.1) is 0 Å². The molecular formula is C90H82N4. The lowest BCUT2D eigenvalue weighted by molar-refractivity contribution is 0.590. The lowest BCUT2D eigenvalue weighted by Crippen LogP contribution is -2.13. The molecule has 0 radical (unpaired) electrons. The number of hydrogen-bond donors (Lipinski definition) is 0. The average Bonchev–Trinajstić information content (AvgIpc) is 1.56. The summed E-state index contributed by atoms with van der Waals surface area (Å²) in [6, 6.07) is 105. The van der Waals surface area contributed by atoms with E-state index >= 15 is 0 Å². The molecule has 0 saturated heterocycles. The molecule has 15 aromatic rings. The molecule has 0 N–H and O–H groups in total. The van der Waals surface area contributed by atoms with Gasteiger partial charge in [-0.05, 0) is 204 Å². The second kappa shape index (κ2) is 22.7. The van der Waals surface area contributed by atoms with Gasteiger partial charge in [-0.1, -0.05) is 235 Å². The van der Waals surface area contributed by atoms with Gasteiger partial charge in [-0.25, -0.2) is 0 Å². The van der Waals surface area contributed by atoms with E-state index in [4.69, 9.17) is 0 Å². The third-order valence-corrected chi connectivity index (χ3v) is 19.5. The van der Waals surface area contributed by atoms with E-state index < -0.39 is 0 Å². The first-order valence-corrected chi connectivity index (χ1v) is 33.4. The Labute approximate surface area is 554 Å². The molecule has 4 nitrogen and oxygen atoms in total. The maximum atomic E-state index is 2.44. The third-order valence-electron chi connectivity index (χ3n) is 19.5. The van der Waals surface area contributed by atoms with Crippen LogP contribution >= 0.6 is 0 Å². The zero-order valence-electron chi connectivity index (χ0n) is 56.3. The quantitative estimate of drug-likeness (QED) is 0.136. The van der Waals surface area contributed by atoms with E-state index in [2.05, 4.69) is 381 Å². The number of aromatic nitrogens is 2. The molecule has 0 aliphatic heterocycles. The Morgan fingerprint density at radius 1 is 0.223 bits per heavy atom. The molecule has 0 unspecified atom stereocenters. The monoisotopic (exact) mass is 1220 g/mol. The summed E-state index contributed by atoms with van der Waals surface area (Å²) in [4.78, 5) is 4.85. The van der Waals surface area contributed by atoms with Gasteiger partial charge in [-0.15, -0.1) is 0 Å². The molecule has 0 bridgehead atoms. The molecule has 0 atom stereocenters. The van der Waals surface area contributed by atoms with Crippen LogP contribution in [-0.4, -0.2) is 9.13 Å². The van der Waals surface area contributed by atoms with Crippen molar-refractivity contribution in [2.24, 2.45) is 0 Å². The van der Waals surface area contributed by atoms with Gasteiger partial charge in [0.25, 0.3) is 0 Å². The highest BCUT2D eigenvalue weighted by atomic mass is 15.2. The zero-order chi connectivity index (χ0) is 65.0. The second-order valence-electron chi connectivity index (χ2n) is 30.0. The van der Waals surface area contributed by atoms with E-state index in [9.17, 15) is 0 Å². The highest BCUT2D eigenvalue weighted by Gasteiger charge is 2.25. The number of rotatable bonds is 10. The highest BCUT2D eigenvalue weighted by Crippen LogP contribution is 2.46. The van der Waals surface area contributed by atoms with Crippen molar-refractivity contribution < 1.29 is 0 Å². The summed E-state index contributed by atoms with van der Waals surface area (Å²) in [7, 11) is 0. The van der Waals surface area contributed by atoms with Crippen LogP contribution < -0.4 is 9.80 Å². The molecule has 15 rings (SSSR count). The maximum absolute atomic E-state index is 2.44. The van der Waals surface area contributed by atoms with Crippen LogP contribution in [0.1, 0.15) is 105 Å². The minimum Gasteiger partial charge on any atom is -0.310 e. The molecule has 2 heterocycles. The largest absolute Gasteiger partial charge is 0.310 e. The summed E-state index contributed by atoms with van der Waals surface area (Å²) >= 11 is 0. The first-order chi connectivity index (χ1) is 45.1. The molecule has 0 fully saturated rings. The molecule has 0 aliphatic rings. The van der Waals surface area contributed by atoms with E-state index in [-0.39, 0.29) is 21.7 Å². The van der Waals surface area contributed by atoms with Gasteiger partial charge in [0.15, 0.2) is 0 Å². The zero-order valence-corrected chi connectivity index (χ0v) is 56.3. The lowest BCUT2D eigenvalue weighted by atomic mass is 9.85. The van der Waals surface area contributed by atoms with Crippen LogP contribution in [0.3, 0.4) is 0 Å². The van der Waals surface area contributed by atoms with Gasteiger partial charge < -0.3 is 18.9 Å². The summed E-state index contributed by atoms with van der Waals surface area (Å²) in [5.41, 5.74) is 23.8. The Morgan fingerprint density at radius 2 is 0.500 bits per heavy atom. The van der Waals surface area contributed by atoms with E-state index in [0.29, 0.717) is 0 Å². The minimum atomic E-state index is 0.0370. The van der Waals surface area contributed by atoms with Gasteiger partial charge in [-0.3, -0.25) is 0 Å². The Morgan fingerprint density at radius 3 is 0.809 bits per heavy atom. The van der Waals surface area contributed by atoms with E-state index in [1.807, 2.05) is 0 Å². The molecular weight excluding hydrogens is 1140 g/mol. The predicted molar refractivity (Wildman–Crippen MR) is 405 cm³/mol. The fourth-order valence-corrected chi connectivity index (χ4v) is 14.1. The van der Waals surface area contributed by atoms with Crippen molar-refractivity contribution >= 4 is 99.3 Å². The maximum Gasteiger partial charge on any atom is 0.0541 e. The van der Waals surface area contributed by atoms with Crippen molar-refractivity contribution in [2.75, 3.05) is 9.80 Å². The molecule has 4 heteroatoms. The topological polar surface area (TPSA) is 16.3 Å². The SMILES string of the molecule is CC(C)(C)c1ccc2c(c1)c1cc(C(C)(C)C)ccc1n2-c1ccc(-c2ccc(N(c3cccc(N(c4ccc(-c5ccc(-n6c7ccc(C(C)(C)C)cc7c7cc(C(C)(C)C)ccc76)cc5)cc4)c4cccc5ccccc45)c3)c3cccc4ccccc34)cc2)cc1. The molecule has 2 aromatic heterocycles. The fraction of sp³-hybridized carbons (Fsp3) is 0.178. The van der Waals surface area contributed by atoms with Crippen molar-refractivity contribution in [2.45, 2.75) is 105 Å². The van der Waals surface area contributed by atoms with Gasteiger partial charge in [0, 0.05) is 66.4 Å². The highest BCUT2D eigenvalue weighted by molar-refractivity contribution is 6.11. The molecule has 0 spiro atoms. The van der Waals surface area contributed by atoms with Gasteiger partial charge in [0.2, 0.25) is 0 Å². The first-order valence-electron chi connectivity index (χ1n) is 33.4. The second-order valence-corrected chi connectivity index (χ2v) is 30.0. The Balaban J connectivity index is 0.785. The van der Waals surface area contributed by atoms with Gasteiger partial charge in [0.1, 0.15) is 0 Å². The van der Waals surface area contributed by atoms with Crippen LogP contribution in [0.15, 0.2) is 279 Å². The number of fused-ring (bicyclic) bond motifs is 8. The Hall–Kier alpha value is -10.4. The van der Waals surface area contributed by atoms with E-state index in [1.54, 1.807) is 0 Å². The smallest absolute Gasteiger partial charge is 0.0541 e. The number of nitrogens with zero attached hydrogens (tertiary/aromatic N) is 4. The van der Waals surface area contributed by atoms with E-state index in [0.717, 1.165) is 67.8 Å². The van der Waals surface area contributed by atoms with Crippen LogP contribution in [0.5, 0.6) is 0 Å². The van der Waals surface area contributed by atoms with Crippen LogP contribution in [0.4, 0.5) is 34.1 Å². The van der Waals surface area contributed by atoms with Crippen LogP contribution in [0.25, 0.3) is 98.8 Å². The molecule has 94 heavy (non-hydrogen) atoms. The Bertz CT molecular complexity index is 4890. The summed E-state index contributed by atoms with van der Waals surface area (Å²) in [6.07, 6.45) is 0. The predicted octanol–water partition coefficient (Wildman–Crippen LogP) is 25.7. The molecule has 13 aromatic carbocycles. The van der Waals surface area contributed by atoms with Gasteiger partial charge >= 0.3 is 0 Å². The molecule has 0 amide bonds. The molecule has 0 aliphatic carbocycles. The summed E-state index contributed by atoms with van der Waals surface area (Å²) in [6.45, 7) is 27.6. The average molecular weight is 1220 g/mol. The summed E-state index contributed by atoms with van der Waals surface area (Å²) in [5.74, 6) is 0. The lowest BCUT2D eigenvalue weighted by Gasteiger charge is -2.30. The Kier molecular flexibility index (Phi) is 14.5. The normalized spacial score (nSPS) is 12.5. The minimum absolute atomic E-state index is 0.0370. The van der Waals surface area contributed by atoms with E-state index in [1.165, 1.54) is 87.4 Å². The fourth-order valence-electron chi connectivity index (χ4n) is 14.1. The van der Waals surface area contributed by atoms with Crippen molar-refractivity contribution in [3.05, 3.63) is 301 Å². The number of hydrogen-bond acceptors (Lipinski definition) is 2. The molecule has 462 valence electrons. The van der Waals surface area contributed by atoms with Crippen LogP contribution in [0.2, 0.25) is 0 Å². The first kappa shape index (κ1) is 59.9. The third kappa shape index (κ3) is 10.8. The standard InChI is InChI=1S/C90H82N4/c1-87(2,3)65-38-50-83-77(54-65)78-55-66(88(4,5)6)39-51-84(78)93(83)71-46-34-61(35-47-71)59-30-42-69(43-31-59)91(81-28-17-22-63-20-13-15-26-75(63)81)73-24-19-25-74(58-73)92(82-29-18-23-64-21-14-16-27-76(64)82)70-44-32-60(33-45-70)62-36-48-72(49-37-62)94-85-52-40-67(89(7,8)9)56-79(85)80-57-68(90(10,11)12)41-53-86(80)94/h13-58H,1-12H3. The van der Waals surface area contributed by atoms with Gasteiger partial charge in [-0.2, -0.15) is 0 Å². The van der Waals surface area contributed by atoms with Crippen molar-refractivity contribution in [1.82, 2.24) is 9.13 Å².